The van der Waals surface area contributed by atoms with Gasteiger partial charge in [0, 0.05) is 18.7 Å². The molecule has 0 aliphatic heterocycles. The molecule has 4 N–H and O–H groups in total. The Morgan fingerprint density at radius 2 is 1.65 bits per heavy atom. The summed E-state index contributed by atoms with van der Waals surface area (Å²) in [6, 6.07) is 3.89. The molecular weight excluding hydrogens is 256 g/mol. The summed E-state index contributed by atoms with van der Waals surface area (Å²) in [7, 11) is 0. The van der Waals surface area contributed by atoms with Gasteiger partial charge in [-0.1, -0.05) is 13.8 Å². The van der Waals surface area contributed by atoms with Crippen LogP contribution in [0.3, 0.4) is 0 Å². The van der Waals surface area contributed by atoms with Crippen LogP contribution >= 0.6 is 0 Å². The van der Waals surface area contributed by atoms with Crippen molar-refractivity contribution in [1.29, 1.82) is 0 Å². The maximum atomic E-state index is 11.9. The van der Waals surface area contributed by atoms with E-state index in [2.05, 4.69) is 10.6 Å². The highest BCUT2D eigenvalue weighted by molar-refractivity contribution is 5.81. The van der Waals surface area contributed by atoms with Gasteiger partial charge in [0.25, 0.3) is 0 Å². The molecule has 0 heterocycles. The number of benzene rings is 1. The molecular formula is C15H24N2O3. The number of amides is 1. The minimum atomic E-state index is -0.353. The Labute approximate surface area is 120 Å². The minimum absolute atomic E-state index is 0.00515. The first-order valence-electron chi connectivity index (χ1n) is 6.86. The lowest BCUT2D eigenvalue weighted by molar-refractivity contribution is -0.123. The fourth-order valence-corrected chi connectivity index (χ4v) is 1.87. The lowest BCUT2D eigenvalue weighted by atomic mass is 10.1. The average Bonchev–Trinajstić information content (AvgIpc) is 2.34. The van der Waals surface area contributed by atoms with E-state index in [1.165, 1.54) is 6.07 Å². The Morgan fingerprint density at radius 3 is 2.15 bits per heavy atom. The van der Waals surface area contributed by atoms with Crippen molar-refractivity contribution in [3.63, 3.8) is 0 Å². The third-order valence-electron chi connectivity index (χ3n) is 3.00. The molecule has 20 heavy (non-hydrogen) atoms. The van der Waals surface area contributed by atoms with E-state index in [0.29, 0.717) is 12.5 Å². The van der Waals surface area contributed by atoms with Gasteiger partial charge in [-0.05, 0) is 37.5 Å². The Balaban J connectivity index is 2.60. The third-order valence-corrected chi connectivity index (χ3v) is 3.00. The zero-order chi connectivity index (χ0) is 15.3. The van der Waals surface area contributed by atoms with E-state index in [-0.39, 0.29) is 29.5 Å². The molecule has 0 fully saturated rings. The van der Waals surface area contributed by atoms with Gasteiger partial charge < -0.3 is 15.5 Å². The van der Waals surface area contributed by atoms with Gasteiger partial charge in [0.1, 0.15) is 11.5 Å². The molecule has 0 bridgehead atoms. The highest BCUT2D eigenvalue weighted by Crippen LogP contribution is 2.24. The molecule has 0 saturated heterocycles. The van der Waals surface area contributed by atoms with E-state index in [4.69, 9.17) is 0 Å². The van der Waals surface area contributed by atoms with Crippen LogP contribution in [-0.4, -0.2) is 28.7 Å². The van der Waals surface area contributed by atoms with E-state index in [1.807, 2.05) is 20.8 Å². The van der Waals surface area contributed by atoms with E-state index in [9.17, 15) is 15.0 Å². The predicted molar refractivity (Wildman–Crippen MR) is 78.6 cm³/mol. The molecule has 1 rings (SSSR count). The highest BCUT2D eigenvalue weighted by atomic mass is 16.3. The van der Waals surface area contributed by atoms with Crippen LogP contribution in [0.4, 0.5) is 0 Å². The zero-order valence-corrected chi connectivity index (χ0v) is 12.5. The lowest BCUT2D eigenvalue weighted by Gasteiger charge is -2.20. The van der Waals surface area contributed by atoms with Crippen molar-refractivity contribution in [2.45, 2.75) is 39.8 Å². The van der Waals surface area contributed by atoms with Crippen molar-refractivity contribution in [1.82, 2.24) is 10.6 Å². The summed E-state index contributed by atoms with van der Waals surface area (Å²) in [6.07, 6.45) is 0. The Bertz CT molecular complexity index is 440. The van der Waals surface area contributed by atoms with Gasteiger partial charge in [-0.2, -0.15) is 0 Å². The van der Waals surface area contributed by atoms with Crippen LogP contribution in [0, 0.1) is 5.92 Å². The molecule has 1 aromatic carbocycles. The standard InChI is InChI=1S/C15H24N2O3/c1-9(2)8-16-15(20)11(4)17-10(3)12-5-13(18)7-14(19)6-12/h5-7,9-11,17-19H,8H2,1-4H3,(H,16,20). The molecule has 2 atom stereocenters. The lowest BCUT2D eigenvalue weighted by Crippen LogP contribution is -2.44. The average molecular weight is 280 g/mol. The van der Waals surface area contributed by atoms with E-state index in [1.54, 1.807) is 19.1 Å². The molecule has 5 nitrogen and oxygen atoms in total. The molecule has 0 aromatic heterocycles. The summed E-state index contributed by atoms with van der Waals surface area (Å²) < 4.78 is 0. The molecule has 112 valence electrons. The summed E-state index contributed by atoms with van der Waals surface area (Å²) in [5, 5.41) is 24.9. The maximum Gasteiger partial charge on any atom is 0.236 e. The van der Waals surface area contributed by atoms with Crippen molar-refractivity contribution >= 4 is 5.91 Å². The molecule has 1 aromatic rings. The van der Waals surface area contributed by atoms with Crippen LogP contribution in [0.1, 0.15) is 39.3 Å². The van der Waals surface area contributed by atoms with Crippen LogP contribution < -0.4 is 10.6 Å². The number of phenolic OH excluding ortho intramolecular Hbond substituents is 2. The number of phenols is 2. The molecule has 5 heteroatoms. The van der Waals surface area contributed by atoms with E-state index < -0.39 is 0 Å². The topological polar surface area (TPSA) is 81.6 Å². The second-order valence-corrected chi connectivity index (χ2v) is 5.53. The van der Waals surface area contributed by atoms with Crippen molar-refractivity contribution in [3.05, 3.63) is 23.8 Å². The van der Waals surface area contributed by atoms with Crippen LogP contribution in [0.15, 0.2) is 18.2 Å². The summed E-state index contributed by atoms with van der Waals surface area (Å²) in [6.45, 7) is 8.38. The second-order valence-electron chi connectivity index (χ2n) is 5.53. The summed E-state index contributed by atoms with van der Waals surface area (Å²) >= 11 is 0. The number of hydrogen-bond donors (Lipinski definition) is 4. The normalized spacial score (nSPS) is 14.1. The smallest absolute Gasteiger partial charge is 0.236 e. The van der Waals surface area contributed by atoms with E-state index in [0.717, 1.165) is 5.56 Å². The van der Waals surface area contributed by atoms with Crippen molar-refractivity contribution in [3.8, 4) is 11.5 Å². The molecule has 2 unspecified atom stereocenters. The number of nitrogens with one attached hydrogen (secondary N) is 2. The van der Waals surface area contributed by atoms with Gasteiger partial charge in [-0.15, -0.1) is 0 Å². The molecule has 0 aliphatic carbocycles. The SMILES string of the molecule is CC(C)CNC(=O)C(C)NC(C)c1cc(O)cc(O)c1. The minimum Gasteiger partial charge on any atom is -0.508 e. The van der Waals surface area contributed by atoms with Crippen LogP contribution in [0.25, 0.3) is 0 Å². The summed E-state index contributed by atoms with van der Waals surface area (Å²) in [5.74, 6) is 0.359. The third kappa shape index (κ3) is 5.09. The van der Waals surface area contributed by atoms with Crippen LogP contribution in [0.2, 0.25) is 0 Å². The number of aromatic hydroxyl groups is 2. The van der Waals surface area contributed by atoms with Gasteiger partial charge in [0.15, 0.2) is 0 Å². The van der Waals surface area contributed by atoms with Gasteiger partial charge in [-0.3, -0.25) is 10.1 Å². The van der Waals surface area contributed by atoms with Gasteiger partial charge >= 0.3 is 0 Å². The molecule has 1 amide bonds. The summed E-state index contributed by atoms with van der Waals surface area (Å²) in [5.41, 5.74) is 0.728. The number of carbonyl (C=O) groups excluding carboxylic acids is 1. The van der Waals surface area contributed by atoms with Crippen LogP contribution in [0.5, 0.6) is 11.5 Å². The van der Waals surface area contributed by atoms with Crippen molar-refractivity contribution in [2.75, 3.05) is 6.54 Å². The first-order valence-corrected chi connectivity index (χ1v) is 6.86. The largest absolute Gasteiger partial charge is 0.508 e. The highest BCUT2D eigenvalue weighted by Gasteiger charge is 2.17. The summed E-state index contributed by atoms with van der Waals surface area (Å²) in [4.78, 5) is 11.9. The van der Waals surface area contributed by atoms with Crippen molar-refractivity contribution < 1.29 is 15.0 Å². The maximum absolute atomic E-state index is 11.9. The van der Waals surface area contributed by atoms with Gasteiger partial charge in [-0.25, -0.2) is 0 Å². The first kappa shape index (κ1) is 16.3. The predicted octanol–water partition coefficient (Wildman–Crippen LogP) is 1.91. The molecule has 0 saturated carbocycles. The molecule has 0 aliphatic rings. The molecule has 0 radical (unpaired) electrons. The fraction of sp³-hybridized carbons (Fsp3) is 0.533. The van der Waals surface area contributed by atoms with Crippen LogP contribution in [-0.2, 0) is 4.79 Å². The first-order chi connectivity index (χ1) is 9.29. The van der Waals surface area contributed by atoms with Crippen molar-refractivity contribution in [2.24, 2.45) is 5.92 Å². The zero-order valence-electron chi connectivity index (χ0n) is 12.5. The Morgan fingerprint density at radius 1 is 1.10 bits per heavy atom. The molecule has 0 spiro atoms. The monoisotopic (exact) mass is 280 g/mol. The second kappa shape index (κ2) is 7.14. The Hall–Kier alpha value is -1.75. The number of hydrogen-bond acceptors (Lipinski definition) is 4. The quantitative estimate of drug-likeness (QED) is 0.641. The van der Waals surface area contributed by atoms with Gasteiger partial charge in [0.2, 0.25) is 5.91 Å². The fourth-order valence-electron chi connectivity index (χ4n) is 1.87. The number of carbonyl (C=O) groups is 1. The Kier molecular flexibility index (Phi) is 5.82. The van der Waals surface area contributed by atoms with Gasteiger partial charge in [0.05, 0.1) is 6.04 Å². The number of rotatable bonds is 6. The van der Waals surface area contributed by atoms with E-state index >= 15 is 0 Å².